The first kappa shape index (κ1) is 17.4. The minimum atomic E-state index is 0.276. The highest BCUT2D eigenvalue weighted by Crippen LogP contribution is 2.32. The first-order valence-corrected chi connectivity index (χ1v) is 9.08. The lowest BCUT2D eigenvalue weighted by Gasteiger charge is -2.09. The van der Waals surface area contributed by atoms with Crippen molar-refractivity contribution in [1.82, 2.24) is 9.97 Å². The number of ether oxygens (including phenoxy) is 2. The van der Waals surface area contributed by atoms with Crippen molar-refractivity contribution < 1.29 is 9.47 Å². The predicted octanol–water partition coefficient (Wildman–Crippen LogP) is 4.13. The van der Waals surface area contributed by atoms with Crippen molar-refractivity contribution in [3.8, 4) is 11.5 Å². The Kier molecular flexibility index (Phi) is 5.25. The number of rotatable bonds is 7. The quantitative estimate of drug-likeness (QED) is 0.640. The normalized spacial score (nSPS) is 12.0. The van der Waals surface area contributed by atoms with E-state index in [1.807, 2.05) is 42.5 Å². The Hall–Kier alpha value is -2.99. The van der Waals surface area contributed by atoms with Gasteiger partial charge in [0.1, 0.15) is 5.82 Å². The van der Waals surface area contributed by atoms with Crippen LogP contribution in [0.1, 0.15) is 11.1 Å². The van der Waals surface area contributed by atoms with Crippen LogP contribution in [0.2, 0.25) is 5.02 Å². The molecular formula is C20H19ClN4O2. The lowest BCUT2D eigenvalue weighted by atomic mass is 10.1. The molecule has 0 fully saturated rings. The third-order valence-corrected chi connectivity index (χ3v) is 4.39. The van der Waals surface area contributed by atoms with Crippen molar-refractivity contribution in [2.45, 2.75) is 13.0 Å². The van der Waals surface area contributed by atoms with Crippen LogP contribution in [-0.2, 0) is 13.0 Å². The summed E-state index contributed by atoms with van der Waals surface area (Å²) >= 11 is 6.01. The summed E-state index contributed by atoms with van der Waals surface area (Å²) < 4.78 is 10.7. The summed E-state index contributed by atoms with van der Waals surface area (Å²) in [5, 5.41) is 7.30. The summed E-state index contributed by atoms with van der Waals surface area (Å²) in [7, 11) is 0. The third-order valence-electron chi connectivity index (χ3n) is 4.15. The van der Waals surface area contributed by atoms with Gasteiger partial charge in [0.2, 0.25) is 12.7 Å². The molecule has 0 radical (unpaired) electrons. The first-order valence-electron chi connectivity index (χ1n) is 8.70. The Morgan fingerprint density at radius 1 is 0.963 bits per heavy atom. The number of aromatic nitrogens is 2. The summed E-state index contributed by atoms with van der Waals surface area (Å²) in [6.45, 7) is 1.64. The molecule has 1 aliphatic heterocycles. The van der Waals surface area contributed by atoms with Gasteiger partial charge in [-0.3, -0.25) is 0 Å². The zero-order valence-electron chi connectivity index (χ0n) is 14.6. The summed E-state index contributed by atoms with van der Waals surface area (Å²) in [5.74, 6) is 2.90. The predicted molar refractivity (Wildman–Crippen MR) is 106 cm³/mol. The van der Waals surface area contributed by atoms with Gasteiger partial charge in [-0.25, -0.2) is 4.98 Å². The van der Waals surface area contributed by atoms with E-state index in [2.05, 4.69) is 26.7 Å². The number of hydrogen-bond acceptors (Lipinski definition) is 6. The van der Waals surface area contributed by atoms with Gasteiger partial charge in [0, 0.05) is 24.3 Å². The van der Waals surface area contributed by atoms with Gasteiger partial charge in [0.05, 0.1) is 0 Å². The second-order valence-corrected chi connectivity index (χ2v) is 6.55. The molecule has 27 heavy (non-hydrogen) atoms. The van der Waals surface area contributed by atoms with E-state index in [9.17, 15) is 0 Å². The Morgan fingerprint density at radius 2 is 1.89 bits per heavy atom. The summed E-state index contributed by atoms with van der Waals surface area (Å²) in [6, 6.07) is 15.6. The van der Waals surface area contributed by atoms with Crippen LogP contribution in [0.5, 0.6) is 11.5 Å². The lowest BCUT2D eigenvalue weighted by Crippen LogP contribution is -2.09. The zero-order chi connectivity index (χ0) is 18.5. The summed E-state index contributed by atoms with van der Waals surface area (Å²) in [5.41, 5.74) is 2.26. The van der Waals surface area contributed by atoms with E-state index in [1.165, 1.54) is 5.56 Å². The number of fused-ring (bicyclic) bond motifs is 1. The maximum Gasteiger partial charge on any atom is 0.231 e. The number of nitrogens with one attached hydrogen (secondary N) is 2. The van der Waals surface area contributed by atoms with E-state index in [-0.39, 0.29) is 6.79 Å². The van der Waals surface area contributed by atoms with E-state index in [4.69, 9.17) is 21.1 Å². The fourth-order valence-electron chi connectivity index (χ4n) is 2.80. The van der Waals surface area contributed by atoms with Gasteiger partial charge in [-0.05, 0) is 47.9 Å². The molecule has 0 bridgehead atoms. The molecule has 2 heterocycles. The van der Waals surface area contributed by atoms with Crippen molar-refractivity contribution >= 4 is 23.4 Å². The van der Waals surface area contributed by atoms with Crippen LogP contribution in [0.3, 0.4) is 0 Å². The largest absolute Gasteiger partial charge is 0.454 e. The maximum atomic E-state index is 6.01. The molecule has 7 heteroatoms. The van der Waals surface area contributed by atoms with Crippen LogP contribution in [0.4, 0.5) is 11.8 Å². The number of hydrogen-bond donors (Lipinski definition) is 2. The summed E-state index contributed by atoms with van der Waals surface area (Å²) in [6.07, 6.45) is 2.60. The van der Waals surface area contributed by atoms with Gasteiger partial charge < -0.3 is 20.1 Å². The van der Waals surface area contributed by atoms with Gasteiger partial charge in [-0.2, -0.15) is 4.98 Å². The standard InChI is InChI=1S/C20H19ClN4O2/c21-16-3-1-2-14(10-16)6-8-22-19-7-9-23-20(25-19)24-12-15-4-5-17-18(11-15)27-13-26-17/h1-5,7,9-11H,6,8,12-13H2,(H2,22,23,24,25). The van der Waals surface area contributed by atoms with Crippen molar-refractivity contribution in [2.75, 3.05) is 24.0 Å². The average Bonchev–Trinajstić information content (AvgIpc) is 3.15. The molecule has 138 valence electrons. The SMILES string of the molecule is Clc1cccc(CCNc2ccnc(NCc3ccc4c(c3)OCO4)n2)c1. The second kappa shape index (κ2) is 8.14. The van der Waals surface area contributed by atoms with Gasteiger partial charge in [-0.1, -0.05) is 29.8 Å². The molecule has 6 nitrogen and oxygen atoms in total. The Morgan fingerprint density at radius 3 is 2.81 bits per heavy atom. The Balaban J connectivity index is 1.31. The second-order valence-electron chi connectivity index (χ2n) is 6.11. The van der Waals surface area contributed by atoms with E-state index in [0.29, 0.717) is 12.5 Å². The molecule has 0 saturated carbocycles. The van der Waals surface area contributed by atoms with Crippen molar-refractivity contribution in [1.29, 1.82) is 0 Å². The molecule has 3 aromatic rings. The minimum Gasteiger partial charge on any atom is -0.454 e. The van der Waals surface area contributed by atoms with Gasteiger partial charge in [0.15, 0.2) is 11.5 Å². The molecule has 2 aromatic carbocycles. The van der Waals surface area contributed by atoms with Crippen LogP contribution in [0.25, 0.3) is 0 Å². The smallest absolute Gasteiger partial charge is 0.231 e. The average molecular weight is 383 g/mol. The Bertz CT molecular complexity index is 935. The van der Waals surface area contributed by atoms with Gasteiger partial charge in [0.25, 0.3) is 0 Å². The number of nitrogens with zero attached hydrogens (tertiary/aromatic N) is 2. The number of halogens is 1. The van der Waals surface area contributed by atoms with E-state index >= 15 is 0 Å². The highest BCUT2D eigenvalue weighted by atomic mass is 35.5. The highest BCUT2D eigenvalue weighted by Gasteiger charge is 2.13. The minimum absolute atomic E-state index is 0.276. The van der Waals surface area contributed by atoms with Crippen LogP contribution in [-0.4, -0.2) is 23.3 Å². The lowest BCUT2D eigenvalue weighted by molar-refractivity contribution is 0.174. The molecule has 0 unspecified atom stereocenters. The topological polar surface area (TPSA) is 68.3 Å². The highest BCUT2D eigenvalue weighted by molar-refractivity contribution is 6.30. The van der Waals surface area contributed by atoms with E-state index in [1.54, 1.807) is 6.20 Å². The van der Waals surface area contributed by atoms with Crippen LogP contribution >= 0.6 is 11.6 Å². The third kappa shape index (κ3) is 4.60. The Labute approximate surface area is 162 Å². The molecule has 0 amide bonds. The van der Waals surface area contributed by atoms with Crippen LogP contribution in [0, 0.1) is 0 Å². The van der Waals surface area contributed by atoms with Crippen molar-refractivity contribution in [3.63, 3.8) is 0 Å². The first-order chi connectivity index (χ1) is 13.3. The molecule has 2 N–H and O–H groups in total. The molecular weight excluding hydrogens is 364 g/mol. The van der Waals surface area contributed by atoms with Crippen LogP contribution in [0.15, 0.2) is 54.7 Å². The molecule has 0 atom stereocenters. The van der Waals surface area contributed by atoms with Gasteiger partial charge >= 0.3 is 0 Å². The van der Waals surface area contributed by atoms with E-state index < -0.39 is 0 Å². The molecule has 1 aliphatic rings. The van der Waals surface area contributed by atoms with Crippen molar-refractivity contribution in [2.24, 2.45) is 0 Å². The van der Waals surface area contributed by atoms with E-state index in [0.717, 1.165) is 40.9 Å². The molecule has 0 saturated heterocycles. The fourth-order valence-corrected chi connectivity index (χ4v) is 3.01. The number of benzene rings is 2. The zero-order valence-corrected chi connectivity index (χ0v) is 15.4. The molecule has 0 aliphatic carbocycles. The molecule has 4 rings (SSSR count). The summed E-state index contributed by atoms with van der Waals surface area (Å²) in [4.78, 5) is 8.76. The van der Waals surface area contributed by atoms with Crippen LogP contribution < -0.4 is 20.1 Å². The van der Waals surface area contributed by atoms with Crippen molar-refractivity contribution in [3.05, 3.63) is 70.9 Å². The monoisotopic (exact) mass is 382 g/mol. The fraction of sp³-hybridized carbons (Fsp3) is 0.200. The maximum absolute atomic E-state index is 6.01. The molecule has 0 spiro atoms. The van der Waals surface area contributed by atoms with Gasteiger partial charge in [-0.15, -0.1) is 0 Å². The number of anilines is 2. The molecule has 1 aromatic heterocycles.